The van der Waals surface area contributed by atoms with Crippen molar-refractivity contribution in [2.45, 2.75) is 25.4 Å². The lowest BCUT2D eigenvalue weighted by Gasteiger charge is -2.18. The molecule has 1 aliphatic carbocycles. The highest BCUT2D eigenvalue weighted by Crippen LogP contribution is 2.39. The van der Waals surface area contributed by atoms with Gasteiger partial charge < -0.3 is 14.8 Å². The Kier molecular flexibility index (Phi) is 6.18. The Labute approximate surface area is 207 Å². The number of alkyl halides is 3. The molecule has 2 atom stereocenters. The number of carbonyl (C=O) groups is 2. The lowest BCUT2D eigenvalue weighted by atomic mass is 9.87. The number of nitrogens with one attached hydrogen (secondary N) is 1. The molecule has 5 rings (SSSR count). The molecular weight excluding hydrogens is 492 g/mol. The number of ketones is 1. The zero-order valence-corrected chi connectivity index (χ0v) is 19.2. The molecule has 0 spiro atoms. The van der Waals surface area contributed by atoms with Crippen molar-refractivity contribution in [1.29, 1.82) is 0 Å². The van der Waals surface area contributed by atoms with Crippen LogP contribution in [0.3, 0.4) is 0 Å². The average Bonchev–Trinajstić information content (AvgIpc) is 3.51. The van der Waals surface area contributed by atoms with Crippen molar-refractivity contribution in [3.8, 4) is 11.1 Å². The minimum Gasteiger partial charge on any atom is -0.481 e. The summed E-state index contributed by atoms with van der Waals surface area (Å²) in [5, 5.41) is 12.2. The van der Waals surface area contributed by atoms with Crippen LogP contribution < -0.4 is 5.32 Å². The number of hydrogen-bond acceptors (Lipinski definition) is 5. The Balaban J connectivity index is 1.58. The summed E-state index contributed by atoms with van der Waals surface area (Å²) in [5.74, 6) is -4.39. The fourth-order valence-corrected chi connectivity index (χ4v) is 4.78. The monoisotopic (exact) mass is 512 g/mol. The third kappa shape index (κ3) is 4.66. The van der Waals surface area contributed by atoms with Gasteiger partial charge in [0.05, 0.1) is 22.7 Å². The van der Waals surface area contributed by atoms with Crippen LogP contribution in [0.1, 0.15) is 35.2 Å². The van der Waals surface area contributed by atoms with E-state index in [-0.39, 0.29) is 28.4 Å². The highest BCUT2D eigenvalue weighted by molar-refractivity contribution is 6.02. The highest BCUT2D eigenvalue weighted by atomic mass is 19.4. The molecule has 190 valence electrons. The molecule has 3 aromatic carbocycles. The van der Waals surface area contributed by atoms with Crippen LogP contribution in [0.4, 0.5) is 29.3 Å². The molecule has 0 radical (unpaired) electrons. The number of Topliss-reactive ketones (excluding diaryl/α,β-unsaturated/α-hetero) is 1. The number of carboxylic acid groups (broad SMARTS) is 1. The van der Waals surface area contributed by atoms with Gasteiger partial charge in [-0.1, -0.05) is 42.8 Å². The van der Waals surface area contributed by atoms with E-state index >= 15 is 4.39 Å². The van der Waals surface area contributed by atoms with Crippen LogP contribution in [0.15, 0.2) is 65.1 Å². The number of rotatable bonds is 6. The normalized spacial score (nSPS) is 17.7. The molecule has 0 unspecified atom stereocenters. The van der Waals surface area contributed by atoms with Crippen LogP contribution in [0.2, 0.25) is 0 Å². The quantitative estimate of drug-likeness (QED) is 0.212. The van der Waals surface area contributed by atoms with Gasteiger partial charge in [0.2, 0.25) is 0 Å². The number of nitrogens with zero attached hydrogens (tertiary/aromatic N) is 1. The van der Waals surface area contributed by atoms with E-state index in [1.807, 2.05) is 0 Å². The SMILES string of the molecule is O=C(O)[C@@H]1CCC[C@H]1C(=O)c1ccc(-c2ccccc2)c(Nc2nc3cc(C(F)(F)F)ccc3o2)c1F. The third-order valence-electron chi connectivity index (χ3n) is 6.61. The van der Waals surface area contributed by atoms with Crippen molar-refractivity contribution in [3.05, 3.63) is 77.6 Å². The van der Waals surface area contributed by atoms with Crippen LogP contribution in [0.25, 0.3) is 22.2 Å². The number of benzene rings is 3. The molecule has 1 aliphatic rings. The Hall–Kier alpha value is -4.21. The van der Waals surface area contributed by atoms with Gasteiger partial charge in [-0.25, -0.2) is 4.39 Å². The van der Waals surface area contributed by atoms with E-state index < -0.39 is 41.1 Å². The van der Waals surface area contributed by atoms with Crippen molar-refractivity contribution >= 4 is 34.6 Å². The molecule has 4 aromatic rings. The van der Waals surface area contributed by atoms with Crippen molar-refractivity contribution in [2.75, 3.05) is 5.32 Å². The van der Waals surface area contributed by atoms with Gasteiger partial charge in [-0.3, -0.25) is 9.59 Å². The first kappa shape index (κ1) is 24.5. The standard InChI is InChI=1S/C27H20F4N2O4/c28-22-19(24(34)17-7-4-8-18(17)25(35)36)11-10-16(14-5-2-1-3-6-14)23(22)33-26-32-20-13-15(27(29,30)31)9-12-21(20)37-26/h1-3,5-6,9-13,17-18H,4,7-8H2,(H,32,33)(H,35,36)/t17-,18-/m1/s1. The Morgan fingerprint density at radius 2 is 1.73 bits per heavy atom. The second-order valence-electron chi connectivity index (χ2n) is 8.89. The fourth-order valence-electron chi connectivity index (χ4n) is 4.78. The van der Waals surface area contributed by atoms with Gasteiger partial charge in [0.25, 0.3) is 6.01 Å². The Morgan fingerprint density at radius 1 is 1.00 bits per heavy atom. The maximum absolute atomic E-state index is 16.0. The second kappa shape index (κ2) is 9.34. The van der Waals surface area contributed by atoms with Gasteiger partial charge in [0, 0.05) is 11.5 Å². The number of aromatic nitrogens is 1. The molecule has 10 heteroatoms. The van der Waals surface area contributed by atoms with Gasteiger partial charge in [-0.05, 0) is 42.7 Å². The summed E-state index contributed by atoms with van der Waals surface area (Å²) in [6.45, 7) is 0. The van der Waals surface area contributed by atoms with Crippen LogP contribution in [-0.2, 0) is 11.0 Å². The molecular formula is C27H20F4N2O4. The van der Waals surface area contributed by atoms with Gasteiger partial charge in [-0.15, -0.1) is 0 Å². The van der Waals surface area contributed by atoms with E-state index in [1.165, 1.54) is 12.1 Å². The lowest BCUT2D eigenvalue weighted by Crippen LogP contribution is -2.26. The summed E-state index contributed by atoms with van der Waals surface area (Å²) in [5.41, 5.74) is -0.425. The van der Waals surface area contributed by atoms with Crippen molar-refractivity contribution in [3.63, 3.8) is 0 Å². The highest BCUT2D eigenvalue weighted by Gasteiger charge is 2.39. The first-order chi connectivity index (χ1) is 17.6. The molecule has 1 heterocycles. The maximum Gasteiger partial charge on any atom is 0.416 e. The molecule has 6 nitrogen and oxygen atoms in total. The molecule has 1 saturated carbocycles. The van der Waals surface area contributed by atoms with E-state index in [0.717, 1.165) is 18.2 Å². The summed E-state index contributed by atoms with van der Waals surface area (Å²) in [6.07, 6.45) is -3.35. The molecule has 37 heavy (non-hydrogen) atoms. The van der Waals surface area contributed by atoms with Crippen LogP contribution in [-0.4, -0.2) is 21.8 Å². The predicted octanol–water partition coefficient (Wildman–Crippen LogP) is 7.08. The minimum absolute atomic E-state index is 0.0552. The smallest absolute Gasteiger partial charge is 0.416 e. The number of halogens is 4. The zero-order valence-electron chi connectivity index (χ0n) is 19.2. The topological polar surface area (TPSA) is 92.4 Å². The minimum atomic E-state index is -4.57. The van der Waals surface area contributed by atoms with Crippen molar-refractivity contribution in [1.82, 2.24) is 4.98 Å². The lowest BCUT2D eigenvalue weighted by molar-refractivity contribution is -0.142. The number of hydrogen-bond donors (Lipinski definition) is 2. The van der Waals surface area contributed by atoms with E-state index in [2.05, 4.69) is 10.3 Å². The number of anilines is 2. The van der Waals surface area contributed by atoms with Gasteiger partial charge in [-0.2, -0.15) is 18.2 Å². The van der Waals surface area contributed by atoms with Gasteiger partial charge in [0.1, 0.15) is 5.52 Å². The molecule has 2 N–H and O–H groups in total. The summed E-state index contributed by atoms with van der Waals surface area (Å²) in [4.78, 5) is 28.9. The third-order valence-corrected chi connectivity index (χ3v) is 6.61. The van der Waals surface area contributed by atoms with Crippen LogP contribution in [0, 0.1) is 17.7 Å². The van der Waals surface area contributed by atoms with Crippen molar-refractivity contribution < 1.29 is 36.7 Å². The number of oxazole rings is 1. The largest absolute Gasteiger partial charge is 0.481 e. The number of carboxylic acids is 1. The Bertz CT molecular complexity index is 1500. The molecule has 1 aromatic heterocycles. The zero-order chi connectivity index (χ0) is 26.3. The average molecular weight is 512 g/mol. The first-order valence-corrected chi connectivity index (χ1v) is 11.5. The van der Waals surface area contributed by atoms with Crippen LogP contribution in [0.5, 0.6) is 0 Å². The van der Waals surface area contributed by atoms with E-state index in [9.17, 15) is 27.9 Å². The number of aliphatic carboxylic acids is 1. The molecule has 1 fully saturated rings. The summed E-state index contributed by atoms with van der Waals surface area (Å²) >= 11 is 0. The summed E-state index contributed by atoms with van der Waals surface area (Å²) < 4.78 is 60.8. The van der Waals surface area contributed by atoms with Gasteiger partial charge in [0.15, 0.2) is 17.2 Å². The number of carbonyl (C=O) groups excluding carboxylic acids is 1. The van der Waals surface area contributed by atoms with Crippen molar-refractivity contribution in [2.24, 2.45) is 11.8 Å². The first-order valence-electron chi connectivity index (χ1n) is 11.5. The molecule has 0 aliphatic heterocycles. The summed E-state index contributed by atoms with van der Waals surface area (Å²) in [7, 11) is 0. The molecule has 0 amide bonds. The van der Waals surface area contributed by atoms with E-state index in [1.54, 1.807) is 30.3 Å². The number of fused-ring (bicyclic) bond motifs is 1. The van der Waals surface area contributed by atoms with Crippen LogP contribution >= 0.6 is 0 Å². The fraction of sp³-hybridized carbons (Fsp3) is 0.222. The molecule has 0 bridgehead atoms. The predicted molar refractivity (Wildman–Crippen MR) is 127 cm³/mol. The Morgan fingerprint density at radius 3 is 2.43 bits per heavy atom. The molecule has 0 saturated heterocycles. The second-order valence-corrected chi connectivity index (χ2v) is 8.89. The van der Waals surface area contributed by atoms with E-state index in [4.69, 9.17) is 4.42 Å². The van der Waals surface area contributed by atoms with E-state index in [0.29, 0.717) is 30.4 Å². The van der Waals surface area contributed by atoms with Gasteiger partial charge >= 0.3 is 12.1 Å². The maximum atomic E-state index is 16.0. The summed E-state index contributed by atoms with van der Waals surface area (Å²) in [6, 6.07) is 14.1.